The number of halogens is 1. The van der Waals surface area contributed by atoms with Gasteiger partial charge >= 0.3 is 0 Å². The topological polar surface area (TPSA) is 90.5 Å². The molecule has 0 spiro atoms. The summed E-state index contributed by atoms with van der Waals surface area (Å²) in [5.41, 5.74) is 5.14. The lowest BCUT2D eigenvalue weighted by Crippen LogP contribution is -2.50. The smallest absolute Gasteiger partial charge is 0.243 e. The predicted molar refractivity (Wildman–Crippen MR) is 118 cm³/mol. The van der Waals surface area contributed by atoms with Crippen LogP contribution in [0.2, 0.25) is 5.02 Å². The lowest BCUT2D eigenvalue weighted by molar-refractivity contribution is -0.137. The zero-order valence-corrected chi connectivity index (χ0v) is 18.1. The first-order chi connectivity index (χ1) is 14.9. The third-order valence-electron chi connectivity index (χ3n) is 5.78. The molecule has 8 heteroatoms. The normalized spacial score (nSPS) is 18.5. The number of anilines is 1. The molecule has 2 aliphatic heterocycles. The van der Waals surface area contributed by atoms with Gasteiger partial charge in [-0.1, -0.05) is 35.9 Å². The van der Waals surface area contributed by atoms with Crippen LogP contribution in [-0.2, 0) is 34.0 Å². The van der Waals surface area contributed by atoms with Gasteiger partial charge in [-0.2, -0.15) is 0 Å². The van der Waals surface area contributed by atoms with Gasteiger partial charge in [-0.05, 0) is 47.7 Å². The Labute approximate surface area is 186 Å². The van der Waals surface area contributed by atoms with Crippen LogP contribution in [0.15, 0.2) is 36.4 Å². The summed E-state index contributed by atoms with van der Waals surface area (Å²) in [5, 5.41) is 9.09. The monoisotopic (exact) mass is 440 g/mol. The van der Waals surface area contributed by atoms with Crippen molar-refractivity contribution in [3.63, 3.8) is 0 Å². The van der Waals surface area contributed by atoms with Crippen LogP contribution in [0.1, 0.15) is 35.1 Å². The molecule has 3 amide bonds. The highest BCUT2D eigenvalue weighted by molar-refractivity contribution is 6.31. The molecule has 3 N–H and O–H groups in total. The van der Waals surface area contributed by atoms with Crippen LogP contribution in [0.5, 0.6) is 0 Å². The number of nitrogens with zero attached hydrogens (tertiary/aromatic N) is 1. The fraction of sp³-hybridized carbons (Fsp3) is 0.348. The van der Waals surface area contributed by atoms with Gasteiger partial charge < -0.3 is 10.6 Å². The van der Waals surface area contributed by atoms with E-state index >= 15 is 0 Å². The third kappa shape index (κ3) is 5.06. The SMILES string of the molecule is Cc1ccc(NCC(=O)NCc2ccc3c(c2)CN(C2CCC(=O)NC2=O)C3)cc1Cl. The van der Waals surface area contributed by atoms with Crippen molar-refractivity contribution in [1.29, 1.82) is 0 Å². The number of benzene rings is 2. The molecule has 0 aromatic heterocycles. The summed E-state index contributed by atoms with van der Waals surface area (Å²) in [6.45, 7) is 3.88. The van der Waals surface area contributed by atoms with Crippen LogP contribution in [0.3, 0.4) is 0 Å². The minimum atomic E-state index is -0.269. The fourth-order valence-corrected chi connectivity index (χ4v) is 4.16. The maximum atomic E-state index is 12.2. The van der Waals surface area contributed by atoms with E-state index in [1.165, 1.54) is 5.56 Å². The first-order valence-corrected chi connectivity index (χ1v) is 10.7. The number of rotatable bonds is 6. The molecule has 1 unspecified atom stereocenters. The zero-order chi connectivity index (χ0) is 22.0. The molecule has 2 heterocycles. The minimum absolute atomic E-state index is 0.109. The Morgan fingerprint density at radius 3 is 2.74 bits per heavy atom. The molecule has 0 radical (unpaired) electrons. The predicted octanol–water partition coefficient (Wildman–Crippen LogP) is 2.50. The summed E-state index contributed by atoms with van der Waals surface area (Å²) in [6, 6.07) is 11.5. The van der Waals surface area contributed by atoms with Crippen molar-refractivity contribution in [2.45, 2.75) is 45.4 Å². The summed E-state index contributed by atoms with van der Waals surface area (Å²) in [6.07, 6.45) is 0.935. The molecule has 7 nitrogen and oxygen atoms in total. The van der Waals surface area contributed by atoms with E-state index in [1.54, 1.807) is 6.07 Å². The number of piperidine rings is 1. The van der Waals surface area contributed by atoms with Crippen LogP contribution in [0, 0.1) is 6.92 Å². The maximum Gasteiger partial charge on any atom is 0.243 e. The van der Waals surface area contributed by atoms with Crippen molar-refractivity contribution in [2.24, 2.45) is 0 Å². The van der Waals surface area contributed by atoms with E-state index in [2.05, 4.69) is 33.0 Å². The van der Waals surface area contributed by atoms with Crippen LogP contribution >= 0.6 is 11.6 Å². The Kier molecular flexibility index (Phi) is 6.25. The lowest BCUT2D eigenvalue weighted by atomic mass is 10.0. The molecule has 2 aromatic rings. The summed E-state index contributed by atoms with van der Waals surface area (Å²) in [4.78, 5) is 37.8. The van der Waals surface area contributed by atoms with Crippen molar-refractivity contribution in [3.8, 4) is 0 Å². The fourth-order valence-electron chi connectivity index (χ4n) is 3.98. The Morgan fingerprint density at radius 1 is 1.16 bits per heavy atom. The van der Waals surface area contributed by atoms with Gasteiger partial charge in [0.15, 0.2) is 0 Å². The van der Waals surface area contributed by atoms with Gasteiger partial charge in [0.05, 0.1) is 12.6 Å². The van der Waals surface area contributed by atoms with Crippen LogP contribution in [-0.4, -0.2) is 35.2 Å². The molecule has 1 saturated heterocycles. The Bertz CT molecular complexity index is 1040. The molecule has 4 rings (SSSR count). The van der Waals surface area contributed by atoms with E-state index in [4.69, 9.17) is 11.6 Å². The Morgan fingerprint density at radius 2 is 1.97 bits per heavy atom. The number of amides is 3. The summed E-state index contributed by atoms with van der Waals surface area (Å²) in [7, 11) is 0. The molecule has 31 heavy (non-hydrogen) atoms. The largest absolute Gasteiger partial charge is 0.376 e. The van der Waals surface area contributed by atoms with E-state index in [1.807, 2.05) is 25.1 Å². The van der Waals surface area contributed by atoms with E-state index < -0.39 is 0 Å². The Hall–Kier alpha value is -2.90. The van der Waals surface area contributed by atoms with Crippen molar-refractivity contribution < 1.29 is 14.4 Å². The molecular weight excluding hydrogens is 416 g/mol. The van der Waals surface area contributed by atoms with Gasteiger partial charge in [-0.15, -0.1) is 0 Å². The number of hydrogen-bond acceptors (Lipinski definition) is 5. The highest BCUT2D eigenvalue weighted by Crippen LogP contribution is 2.28. The quantitative estimate of drug-likeness (QED) is 0.600. The summed E-state index contributed by atoms with van der Waals surface area (Å²) in [5.74, 6) is -0.516. The first kappa shape index (κ1) is 21.3. The van der Waals surface area contributed by atoms with E-state index in [0.717, 1.165) is 22.4 Å². The van der Waals surface area contributed by atoms with Gasteiger partial charge in [0.1, 0.15) is 0 Å². The van der Waals surface area contributed by atoms with E-state index in [9.17, 15) is 14.4 Å². The Balaban J connectivity index is 1.28. The number of fused-ring (bicyclic) bond motifs is 1. The van der Waals surface area contributed by atoms with E-state index in [-0.39, 0.29) is 30.3 Å². The van der Waals surface area contributed by atoms with Crippen LogP contribution in [0.4, 0.5) is 5.69 Å². The number of carbonyl (C=O) groups is 3. The van der Waals surface area contributed by atoms with Gasteiger partial charge in [-0.3, -0.25) is 24.6 Å². The van der Waals surface area contributed by atoms with E-state index in [0.29, 0.717) is 37.5 Å². The van der Waals surface area contributed by atoms with Crippen LogP contribution in [0.25, 0.3) is 0 Å². The van der Waals surface area contributed by atoms with Crippen molar-refractivity contribution in [3.05, 3.63) is 63.7 Å². The number of nitrogens with one attached hydrogen (secondary N) is 3. The number of aryl methyl sites for hydroxylation is 1. The average Bonchev–Trinajstić information content (AvgIpc) is 3.16. The van der Waals surface area contributed by atoms with Gasteiger partial charge in [0.25, 0.3) is 0 Å². The second-order valence-electron chi connectivity index (χ2n) is 8.07. The molecule has 0 aliphatic carbocycles. The van der Waals surface area contributed by atoms with Crippen LogP contribution < -0.4 is 16.0 Å². The zero-order valence-electron chi connectivity index (χ0n) is 17.3. The van der Waals surface area contributed by atoms with Gasteiger partial charge in [0.2, 0.25) is 17.7 Å². The minimum Gasteiger partial charge on any atom is -0.376 e. The number of hydrogen-bond donors (Lipinski definition) is 3. The lowest BCUT2D eigenvalue weighted by Gasteiger charge is -2.29. The number of imide groups is 1. The molecule has 1 atom stereocenters. The van der Waals surface area contributed by atoms with Crippen molar-refractivity contribution in [1.82, 2.24) is 15.5 Å². The molecule has 162 valence electrons. The third-order valence-corrected chi connectivity index (χ3v) is 6.19. The molecule has 2 aliphatic rings. The van der Waals surface area contributed by atoms with Crippen molar-refractivity contribution in [2.75, 3.05) is 11.9 Å². The van der Waals surface area contributed by atoms with Gasteiger partial charge in [0, 0.05) is 36.8 Å². The molecule has 0 bridgehead atoms. The van der Waals surface area contributed by atoms with Gasteiger partial charge in [-0.25, -0.2) is 0 Å². The second-order valence-corrected chi connectivity index (χ2v) is 8.48. The highest BCUT2D eigenvalue weighted by Gasteiger charge is 2.34. The number of carbonyl (C=O) groups excluding carboxylic acids is 3. The molecule has 2 aromatic carbocycles. The molecule has 1 fully saturated rings. The molecule has 0 saturated carbocycles. The first-order valence-electron chi connectivity index (χ1n) is 10.3. The summed E-state index contributed by atoms with van der Waals surface area (Å²) < 4.78 is 0. The standard InChI is InChI=1S/C23H25ClN4O3/c1-14-2-5-18(9-19(14)24)25-11-22(30)26-10-15-3-4-16-12-28(13-17(16)8-15)20-6-7-21(29)27-23(20)31/h2-5,8-9,20,25H,6-7,10-13H2,1H3,(H,26,30)(H,27,29,31). The second kappa shape index (κ2) is 9.08. The van der Waals surface area contributed by atoms with Crippen molar-refractivity contribution >= 4 is 35.0 Å². The average molecular weight is 441 g/mol. The maximum absolute atomic E-state index is 12.2. The molecular formula is C23H25ClN4O3. The highest BCUT2D eigenvalue weighted by atomic mass is 35.5. The summed E-state index contributed by atoms with van der Waals surface area (Å²) >= 11 is 6.11.